The van der Waals surface area contributed by atoms with Crippen LogP contribution in [0.1, 0.15) is 11.1 Å². The Morgan fingerprint density at radius 3 is 2.32 bits per heavy atom. The predicted octanol–water partition coefficient (Wildman–Crippen LogP) is 5.46. The van der Waals surface area contributed by atoms with Gasteiger partial charge in [-0.25, -0.2) is 0 Å². The van der Waals surface area contributed by atoms with Gasteiger partial charge in [0.2, 0.25) is 0 Å². The number of ether oxygens (including phenoxy) is 1. The van der Waals surface area contributed by atoms with Crippen molar-refractivity contribution in [2.45, 2.75) is 6.61 Å². The molecule has 0 unspecified atom stereocenters. The minimum Gasteiger partial charge on any atom is -0.489 e. The van der Waals surface area contributed by atoms with Crippen LogP contribution in [0.2, 0.25) is 5.02 Å². The van der Waals surface area contributed by atoms with Crippen LogP contribution in [0.4, 0.5) is 5.69 Å². The molecule has 0 atom stereocenters. The van der Waals surface area contributed by atoms with Crippen molar-refractivity contribution in [2.75, 3.05) is 5.32 Å². The molecule has 0 radical (unpaired) electrons. The fraction of sp³-hybridized carbons (Fsp3) is 0.0435. The lowest BCUT2D eigenvalue weighted by atomic mass is 10.1. The molecule has 3 aromatic rings. The van der Waals surface area contributed by atoms with Crippen LogP contribution in [0.25, 0.3) is 6.08 Å². The molecule has 3 rings (SSSR count). The van der Waals surface area contributed by atoms with Gasteiger partial charge >= 0.3 is 0 Å². The third kappa shape index (κ3) is 5.47. The lowest BCUT2D eigenvalue weighted by Gasteiger charge is -2.07. The van der Waals surface area contributed by atoms with Gasteiger partial charge in [-0.3, -0.25) is 4.79 Å². The van der Waals surface area contributed by atoms with Crippen molar-refractivity contribution in [3.05, 3.63) is 101 Å². The average Bonchev–Trinajstić information content (AvgIpc) is 2.73. The second kappa shape index (κ2) is 9.40. The second-order valence-corrected chi connectivity index (χ2v) is 6.41. The molecular formula is C23H17ClN2O2. The highest BCUT2D eigenvalue weighted by Crippen LogP contribution is 2.18. The van der Waals surface area contributed by atoms with Crippen molar-refractivity contribution < 1.29 is 9.53 Å². The predicted molar refractivity (Wildman–Crippen MR) is 111 cm³/mol. The fourth-order valence-electron chi connectivity index (χ4n) is 2.44. The zero-order chi connectivity index (χ0) is 19.8. The van der Waals surface area contributed by atoms with Crippen LogP contribution in [0.15, 0.2) is 84.4 Å². The summed E-state index contributed by atoms with van der Waals surface area (Å²) in [5.74, 6) is 0.246. The Balaban J connectivity index is 1.63. The number of para-hydroxylation sites is 1. The molecule has 4 nitrogen and oxygen atoms in total. The molecule has 0 saturated carbocycles. The first-order chi connectivity index (χ1) is 13.6. The SMILES string of the molecule is N#C/C(=C\c1ccc(OCc2ccc(Cl)cc2)cc1)C(=O)Nc1ccccc1. The largest absolute Gasteiger partial charge is 0.489 e. The number of carbonyl (C=O) groups excluding carboxylic acids is 1. The van der Waals surface area contributed by atoms with Crippen LogP contribution in [0, 0.1) is 11.3 Å². The Hall–Kier alpha value is -3.55. The molecule has 0 aliphatic heterocycles. The Morgan fingerprint density at radius 2 is 1.68 bits per heavy atom. The lowest BCUT2D eigenvalue weighted by Crippen LogP contribution is -2.13. The number of halogens is 1. The first-order valence-corrected chi connectivity index (χ1v) is 8.97. The Kier molecular flexibility index (Phi) is 6.46. The number of benzene rings is 3. The third-order valence-corrected chi connectivity index (χ3v) is 4.16. The Bertz CT molecular complexity index is 1010. The van der Waals surface area contributed by atoms with Gasteiger partial charge in [-0.15, -0.1) is 0 Å². The van der Waals surface area contributed by atoms with E-state index in [2.05, 4.69) is 5.32 Å². The molecule has 138 valence electrons. The van der Waals surface area contributed by atoms with Gasteiger partial charge in [-0.2, -0.15) is 5.26 Å². The molecule has 28 heavy (non-hydrogen) atoms. The molecule has 5 heteroatoms. The molecule has 1 N–H and O–H groups in total. The van der Waals surface area contributed by atoms with Gasteiger partial charge in [0.1, 0.15) is 24.0 Å². The Morgan fingerprint density at radius 1 is 1.00 bits per heavy atom. The Labute approximate surface area is 168 Å². The number of carbonyl (C=O) groups is 1. The summed E-state index contributed by atoms with van der Waals surface area (Å²) < 4.78 is 5.74. The number of hydrogen-bond donors (Lipinski definition) is 1. The zero-order valence-corrected chi connectivity index (χ0v) is 15.7. The quantitative estimate of drug-likeness (QED) is 0.450. The third-order valence-electron chi connectivity index (χ3n) is 3.91. The second-order valence-electron chi connectivity index (χ2n) is 5.97. The van der Waals surface area contributed by atoms with Crippen LogP contribution >= 0.6 is 11.6 Å². The molecule has 0 fully saturated rings. The van der Waals surface area contributed by atoms with Crippen molar-refractivity contribution in [3.63, 3.8) is 0 Å². The maximum atomic E-state index is 12.3. The number of amides is 1. The molecule has 0 aliphatic carbocycles. The maximum absolute atomic E-state index is 12.3. The highest BCUT2D eigenvalue weighted by molar-refractivity contribution is 6.30. The van der Waals surface area contributed by atoms with Gasteiger partial charge in [-0.05, 0) is 53.6 Å². The minimum absolute atomic E-state index is 0.0266. The van der Waals surface area contributed by atoms with E-state index in [0.717, 1.165) is 11.1 Å². The van der Waals surface area contributed by atoms with E-state index in [-0.39, 0.29) is 5.57 Å². The van der Waals surface area contributed by atoms with Crippen molar-refractivity contribution in [2.24, 2.45) is 0 Å². The average molecular weight is 389 g/mol. The van der Waals surface area contributed by atoms with E-state index < -0.39 is 5.91 Å². The van der Waals surface area contributed by atoms with Gasteiger partial charge in [0, 0.05) is 10.7 Å². The summed E-state index contributed by atoms with van der Waals surface area (Å²) in [5, 5.41) is 12.7. The minimum atomic E-state index is -0.447. The van der Waals surface area contributed by atoms with Gasteiger partial charge in [0.25, 0.3) is 5.91 Å². The number of hydrogen-bond acceptors (Lipinski definition) is 3. The monoisotopic (exact) mass is 388 g/mol. The lowest BCUT2D eigenvalue weighted by molar-refractivity contribution is -0.112. The smallest absolute Gasteiger partial charge is 0.266 e. The highest BCUT2D eigenvalue weighted by Gasteiger charge is 2.09. The molecule has 0 spiro atoms. The van der Waals surface area contributed by atoms with Crippen LogP contribution in [0.3, 0.4) is 0 Å². The summed E-state index contributed by atoms with van der Waals surface area (Å²) in [5.41, 5.74) is 2.41. The standard InChI is InChI=1S/C23H17ClN2O2/c24-20-10-6-18(7-11-20)16-28-22-12-8-17(9-13-22)14-19(15-25)23(27)26-21-4-2-1-3-5-21/h1-14H,16H2,(H,26,27)/b19-14+. The maximum Gasteiger partial charge on any atom is 0.266 e. The zero-order valence-electron chi connectivity index (χ0n) is 14.9. The summed E-state index contributed by atoms with van der Waals surface area (Å²) >= 11 is 5.87. The molecule has 0 aliphatic rings. The summed E-state index contributed by atoms with van der Waals surface area (Å²) in [7, 11) is 0. The van der Waals surface area contributed by atoms with Crippen LogP contribution in [-0.2, 0) is 11.4 Å². The normalized spacial score (nSPS) is 10.8. The molecule has 0 aromatic heterocycles. The number of nitriles is 1. The molecule has 1 amide bonds. The number of nitrogens with one attached hydrogen (secondary N) is 1. The number of rotatable bonds is 6. The van der Waals surface area contributed by atoms with E-state index in [9.17, 15) is 10.1 Å². The van der Waals surface area contributed by atoms with Crippen LogP contribution in [-0.4, -0.2) is 5.91 Å². The van der Waals surface area contributed by atoms with E-state index in [4.69, 9.17) is 16.3 Å². The van der Waals surface area contributed by atoms with Gasteiger partial charge < -0.3 is 10.1 Å². The summed E-state index contributed by atoms with van der Waals surface area (Å²) in [4.78, 5) is 12.3. The molecule has 3 aromatic carbocycles. The van der Waals surface area contributed by atoms with E-state index in [1.807, 2.05) is 48.5 Å². The van der Waals surface area contributed by atoms with E-state index in [1.54, 1.807) is 42.5 Å². The van der Waals surface area contributed by atoms with Gasteiger partial charge in [-0.1, -0.05) is 54.1 Å². The fourth-order valence-corrected chi connectivity index (χ4v) is 2.57. The van der Waals surface area contributed by atoms with Crippen LogP contribution in [0.5, 0.6) is 5.75 Å². The first kappa shape index (κ1) is 19.2. The van der Waals surface area contributed by atoms with Crippen molar-refractivity contribution in [1.82, 2.24) is 0 Å². The number of nitrogens with zero attached hydrogens (tertiary/aromatic N) is 1. The van der Waals surface area contributed by atoms with Crippen molar-refractivity contribution in [3.8, 4) is 11.8 Å². The first-order valence-electron chi connectivity index (χ1n) is 8.59. The topological polar surface area (TPSA) is 62.1 Å². The molecule has 0 heterocycles. The van der Waals surface area contributed by atoms with E-state index in [0.29, 0.717) is 23.1 Å². The van der Waals surface area contributed by atoms with Gasteiger partial charge in [0.05, 0.1) is 0 Å². The number of anilines is 1. The van der Waals surface area contributed by atoms with Gasteiger partial charge in [0.15, 0.2) is 0 Å². The highest BCUT2D eigenvalue weighted by atomic mass is 35.5. The van der Waals surface area contributed by atoms with E-state index in [1.165, 1.54) is 0 Å². The van der Waals surface area contributed by atoms with E-state index >= 15 is 0 Å². The molecule has 0 bridgehead atoms. The summed E-state index contributed by atoms with van der Waals surface area (Å²) in [6.07, 6.45) is 1.54. The molecular weight excluding hydrogens is 372 g/mol. The van der Waals surface area contributed by atoms with Crippen molar-refractivity contribution in [1.29, 1.82) is 5.26 Å². The van der Waals surface area contributed by atoms with Crippen molar-refractivity contribution >= 4 is 29.3 Å². The molecule has 0 saturated heterocycles. The summed E-state index contributed by atoms with van der Waals surface area (Å²) in [6, 6.07) is 25.6. The summed E-state index contributed by atoms with van der Waals surface area (Å²) in [6.45, 7) is 0.426. The van der Waals surface area contributed by atoms with Crippen LogP contribution < -0.4 is 10.1 Å².